The van der Waals surface area contributed by atoms with Crippen molar-refractivity contribution in [3.63, 3.8) is 0 Å². The molecule has 0 unspecified atom stereocenters. The lowest BCUT2D eigenvalue weighted by atomic mass is 10.0. The first-order valence-electron chi connectivity index (χ1n) is 13.2. The number of nitrogens with zero attached hydrogens (tertiary/aromatic N) is 3. The largest absolute Gasteiger partial charge is 0.492 e. The number of piperazine rings is 1. The first kappa shape index (κ1) is 27.8. The number of amides is 2. The van der Waals surface area contributed by atoms with E-state index < -0.39 is 30.6 Å². The predicted molar refractivity (Wildman–Crippen MR) is 145 cm³/mol. The first-order chi connectivity index (χ1) is 18.4. The minimum atomic E-state index is -1.12. The Hall–Kier alpha value is -3.18. The molecule has 0 radical (unpaired) electrons. The summed E-state index contributed by atoms with van der Waals surface area (Å²) >= 11 is 0. The van der Waals surface area contributed by atoms with Crippen LogP contribution in [-0.4, -0.2) is 116 Å². The van der Waals surface area contributed by atoms with Gasteiger partial charge in [-0.25, -0.2) is 4.79 Å². The van der Waals surface area contributed by atoms with Crippen LogP contribution in [-0.2, 0) is 9.53 Å². The van der Waals surface area contributed by atoms with E-state index in [4.69, 9.17) is 14.6 Å². The van der Waals surface area contributed by atoms with E-state index in [0.29, 0.717) is 32.8 Å². The first-order valence-corrected chi connectivity index (χ1v) is 13.2. The number of benzene rings is 2. The van der Waals surface area contributed by atoms with Crippen LogP contribution in [0, 0.1) is 0 Å². The number of ether oxygens (including phenoxy) is 2. The zero-order valence-corrected chi connectivity index (χ0v) is 21.9. The number of hydrogen-bond donors (Lipinski definition) is 3. The second-order valence-corrected chi connectivity index (χ2v) is 9.64. The number of nitrogens with one attached hydrogen (secondary N) is 1. The summed E-state index contributed by atoms with van der Waals surface area (Å²) in [7, 11) is 0. The third-order valence-electron chi connectivity index (χ3n) is 7.03. The highest BCUT2D eigenvalue weighted by Crippen LogP contribution is 2.26. The zero-order chi connectivity index (χ0) is 26.9. The van der Waals surface area contributed by atoms with Crippen LogP contribution in [0.1, 0.15) is 6.92 Å². The van der Waals surface area contributed by atoms with Gasteiger partial charge in [0.25, 0.3) is 0 Å². The van der Waals surface area contributed by atoms with Gasteiger partial charge in [-0.2, -0.15) is 0 Å². The van der Waals surface area contributed by atoms with Crippen molar-refractivity contribution in [3.8, 4) is 16.9 Å². The molecule has 2 saturated heterocycles. The van der Waals surface area contributed by atoms with E-state index in [-0.39, 0.29) is 0 Å². The molecular formula is C28H38N4O6. The average molecular weight is 527 g/mol. The lowest BCUT2D eigenvalue weighted by Crippen LogP contribution is -2.57. The van der Waals surface area contributed by atoms with Crippen LogP contribution in [0.15, 0.2) is 48.5 Å². The summed E-state index contributed by atoms with van der Waals surface area (Å²) in [6.07, 6.45) is -1.08. The van der Waals surface area contributed by atoms with Crippen LogP contribution >= 0.6 is 0 Å². The minimum Gasteiger partial charge on any atom is -0.492 e. The second-order valence-electron chi connectivity index (χ2n) is 9.64. The van der Waals surface area contributed by atoms with E-state index in [1.165, 1.54) is 6.92 Å². The summed E-state index contributed by atoms with van der Waals surface area (Å²) in [4.78, 5) is 30.5. The molecule has 4 rings (SSSR count). The van der Waals surface area contributed by atoms with Gasteiger partial charge in [0.1, 0.15) is 25.0 Å². The highest BCUT2D eigenvalue weighted by molar-refractivity contribution is 5.89. The summed E-state index contributed by atoms with van der Waals surface area (Å²) in [6.45, 7) is 8.02. The van der Waals surface area contributed by atoms with Gasteiger partial charge in [0.2, 0.25) is 0 Å². The van der Waals surface area contributed by atoms with Crippen molar-refractivity contribution in [2.75, 3.05) is 77.1 Å². The predicted octanol–water partition coefficient (Wildman–Crippen LogP) is 1.21. The fourth-order valence-electron chi connectivity index (χ4n) is 4.69. The van der Waals surface area contributed by atoms with Crippen molar-refractivity contribution in [1.82, 2.24) is 15.1 Å². The Morgan fingerprint density at radius 1 is 0.947 bits per heavy atom. The monoisotopic (exact) mass is 526 g/mol. The number of aliphatic hydroxyl groups excluding tert-OH is 2. The van der Waals surface area contributed by atoms with Crippen molar-refractivity contribution in [2.45, 2.75) is 19.1 Å². The Morgan fingerprint density at radius 2 is 1.55 bits per heavy atom. The molecule has 2 aliphatic heterocycles. The number of rotatable bonds is 10. The van der Waals surface area contributed by atoms with Crippen molar-refractivity contribution in [1.29, 1.82) is 0 Å². The summed E-state index contributed by atoms with van der Waals surface area (Å²) in [6, 6.07) is 15.0. The average Bonchev–Trinajstić information content (AvgIpc) is 2.96. The highest BCUT2D eigenvalue weighted by Gasteiger charge is 2.28. The van der Waals surface area contributed by atoms with Crippen LogP contribution in [0.2, 0.25) is 0 Å². The third kappa shape index (κ3) is 7.44. The van der Waals surface area contributed by atoms with Crippen LogP contribution in [0.4, 0.5) is 10.5 Å². The molecule has 206 valence electrons. The van der Waals surface area contributed by atoms with Crippen molar-refractivity contribution < 1.29 is 29.3 Å². The Balaban J connectivity index is 1.24. The van der Waals surface area contributed by atoms with E-state index in [9.17, 15) is 14.7 Å². The molecule has 0 spiro atoms. The van der Waals surface area contributed by atoms with Crippen LogP contribution < -0.4 is 15.0 Å². The number of ketones is 1. The van der Waals surface area contributed by atoms with Crippen LogP contribution in [0.5, 0.6) is 5.75 Å². The number of hydrogen-bond acceptors (Lipinski definition) is 8. The molecule has 0 saturated carbocycles. The Labute approximate surface area is 223 Å². The van der Waals surface area contributed by atoms with Crippen LogP contribution in [0.25, 0.3) is 11.1 Å². The molecule has 2 fully saturated rings. The SMILES string of the molecule is C[C@H](O)[C@@H](NC(=O)N1CCN(c2ccc(-c3ccc(OCCN4CCOCC4)cc3)cc2)CC1)C(=O)CO. The number of carbonyl (C=O) groups excluding carboxylic acids is 2. The molecule has 2 heterocycles. The Bertz CT molecular complexity index is 1030. The maximum Gasteiger partial charge on any atom is 0.318 e. The Morgan fingerprint density at radius 3 is 2.13 bits per heavy atom. The number of Topliss-reactive ketones (excluding diaryl/α,β-unsaturated/α-hetero) is 1. The molecule has 10 heteroatoms. The molecular weight excluding hydrogens is 488 g/mol. The van der Waals surface area contributed by atoms with Crippen LogP contribution in [0.3, 0.4) is 0 Å². The third-order valence-corrected chi connectivity index (χ3v) is 7.03. The van der Waals surface area contributed by atoms with E-state index >= 15 is 0 Å². The van der Waals surface area contributed by atoms with Gasteiger partial charge in [-0.3, -0.25) is 9.69 Å². The van der Waals surface area contributed by atoms with Gasteiger partial charge in [-0.1, -0.05) is 24.3 Å². The summed E-state index contributed by atoms with van der Waals surface area (Å²) in [5.41, 5.74) is 3.31. The van der Waals surface area contributed by atoms with Gasteiger partial charge in [-0.05, 0) is 42.3 Å². The van der Waals surface area contributed by atoms with Gasteiger partial charge < -0.3 is 34.8 Å². The van der Waals surface area contributed by atoms with E-state index in [0.717, 1.165) is 55.4 Å². The number of urea groups is 1. The van der Waals surface area contributed by atoms with Gasteiger partial charge in [0.05, 0.1) is 19.3 Å². The summed E-state index contributed by atoms with van der Waals surface area (Å²) in [5, 5.41) is 21.4. The molecule has 38 heavy (non-hydrogen) atoms. The molecule has 3 N–H and O–H groups in total. The second kappa shape index (κ2) is 13.6. The lowest BCUT2D eigenvalue weighted by Gasteiger charge is -2.37. The minimum absolute atomic E-state index is 0.416. The van der Waals surface area contributed by atoms with E-state index in [1.807, 2.05) is 12.1 Å². The lowest BCUT2D eigenvalue weighted by molar-refractivity contribution is -0.125. The normalized spacial score (nSPS) is 18.1. The van der Waals surface area contributed by atoms with Gasteiger partial charge in [0.15, 0.2) is 5.78 Å². The van der Waals surface area contributed by atoms with E-state index in [2.05, 4.69) is 51.5 Å². The maximum absolute atomic E-state index is 12.6. The zero-order valence-electron chi connectivity index (χ0n) is 21.9. The Kier molecular flexibility index (Phi) is 9.94. The topological polar surface area (TPSA) is 115 Å². The molecule has 2 aliphatic rings. The molecule has 2 atom stereocenters. The molecule has 2 aromatic rings. The highest BCUT2D eigenvalue weighted by atomic mass is 16.5. The molecule has 2 amide bonds. The molecule has 0 bridgehead atoms. The number of carbonyl (C=O) groups is 2. The fourth-order valence-corrected chi connectivity index (χ4v) is 4.69. The van der Waals surface area contributed by atoms with Crippen molar-refractivity contribution in [3.05, 3.63) is 48.5 Å². The van der Waals surface area contributed by atoms with Gasteiger partial charge in [-0.15, -0.1) is 0 Å². The molecule has 0 aliphatic carbocycles. The standard InChI is InChI=1S/C28H38N4O6/c1-21(34)27(26(35)20-33)29-28(36)32-12-10-31(11-13-32)24-6-2-22(3-7-24)23-4-8-25(9-5-23)38-19-16-30-14-17-37-18-15-30/h2-9,21,27,33-34H,10-20H2,1H3,(H,29,36)/t21-,27+/m0/s1. The summed E-state index contributed by atoms with van der Waals surface area (Å²) < 4.78 is 11.3. The fraction of sp³-hybridized carbons (Fsp3) is 0.500. The van der Waals surface area contributed by atoms with Gasteiger partial charge in [0, 0.05) is 51.5 Å². The smallest absolute Gasteiger partial charge is 0.318 e. The quantitative estimate of drug-likeness (QED) is 0.423. The summed E-state index contributed by atoms with van der Waals surface area (Å²) in [5.74, 6) is 0.249. The molecule has 2 aromatic carbocycles. The number of anilines is 1. The maximum atomic E-state index is 12.6. The van der Waals surface area contributed by atoms with Gasteiger partial charge >= 0.3 is 6.03 Å². The van der Waals surface area contributed by atoms with Crippen molar-refractivity contribution in [2.24, 2.45) is 0 Å². The molecule has 0 aromatic heterocycles. The number of aliphatic hydroxyl groups is 2. The van der Waals surface area contributed by atoms with Crippen molar-refractivity contribution >= 4 is 17.5 Å². The van der Waals surface area contributed by atoms with E-state index in [1.54, 1.807) is 4.90 Å². The number of morpholine rings is 1. The molecule has 10 nitrogen and oxygen atoms in total.